The van der Waals surface area contributed by atoms with Gasteiger partial charge in [0.2, 0.25) is 5.91 Å². The van der Waals surface area contributed by atoms with Gasteiger partial charge < -0.3 is 40.1 Å². The van der Waals surface area contributed by atoms with Crippen molar-refractivity contribution in [2.45, 2.75) is 63.2 Å². The highest BCUT2D eigenvalue weighted by Gasteiger charge is 2.58. The molecule has 0 aromatic heterocycles. The molecule has 7 N–H and O–H groups in total. The molecule has 0 aliphatic carbocycles. The van der Waals surface area contributed by atoms with Gasteiger partial charge in [-0.3, -0.25) is 13.9 Å². The van der Waals surface area contributed by atoms with Crippen LogP contribution in [0.3, 0.4) is 0 Å². The number of rotatable bonds is 15. The summed E-state index contributed by atoms with van der Waals surface area (Å²) in [6.45, 7) is 5.88. The summed E-state index contributed by atoms with van der Waals surface area (Å²) in [7, 11) is -9.60. The van der Waals surface area contributed by atoms with Crippen LogP contribution in [0.2, 0.25) is 0 Å². The summed E-state index contributed by atoms with van der Waals surface area (Å²) < 4.78 is 28.4. The van der Waals surface area contributed by atoms with Crippen LogP contribution in [0.1, 0.15) is 45.6 Å². The van der Waals surface area contributed by atoms with Crippen molar-refractivity contribution in [3.05, 3.63) is 29.8 Å². The highest BCUT2D eigenvalue weighted by molar-refractivity contribution is 7.72. The van der Waals surface area contributed by atoms with Gasteiger partial charge in [-0.15, -0.1) is 23.2 Å². The molecule has 1 aromatic carbocycles. The Bertz CT molecular complexity index is 1090. The Balaban J connectivity index is 2.90. The monoisotopic (exact) mass is 664 g/mol. The van der Waals surface area contributed by atoms with Crippen LogP contribution in [0.5, 0.6) is 0 Å². The molecule has 0 aliphatic rings. The Kier molecular flexibility index (Phi) is 14.0. The van der Waals surface area contributed by atoms with Crippen molar-refractivity contribution in [2.24, 2.45) is 5.73 Å². The normalized spacial score (nSPS) is 14.0. The summed E-state index contributed by atoms with van der Waals surface area (Å²) in [5, 5.41) is 6.47. The molecular formula is C24H42Cl2N3O10P2+. The van der Waals surface area contributed by atoms with Gasteiger partial charge in [0.1, 0.15) is 24.4 Å². The van der Waals surface area contributed by atoms with E-state index in [1.807, 2.05) is 0 Å². The van der Waals surface area contributed by atoms with Crippen LogP contribution >= 0.6 is 38.4 Å². The van der Waals surface area contributed by atoms with Gasteiger partial charge in [-0.1, -0.05) is 12.1 Å². The number of unbranched alkanes of at least 4 members (excludes halogenated alkanes) is 1. The van der Waals surface area contributed by atoms with Crippen LogP contribution in [-0.4, -0.2) is 96.7 Å². The zero-order chi connectivity index (χ0) is 31.9. The average Bonchev–Trinajstić information content (AvgIpc) is 2.83. The van der Waals surface area contributed by atoms with Crippen LogP contribution in [0.4, 0.5) is 10.5 Å². The van der Waals surface area contributed by atoms with E-state index in [9.17, 15) is 43.4 Å². The first-order chi connectivity index (χ1) is 18.6. The number of benzene rings is 1. The SMILES string of the molecule is CN(CCCCC(O)(P(=O)(O)O)P(=O)(O)O)C(=O)[C@@H](N)Cc1ccc([N+](CCCl)(CCCl)C(=O)OC(C)(C)C)cc1. The van der Waals surface area contributed by atoms with E-state index in [2.05, 4.69) is 0 Å². The third kappa shape index (κ3) is 10.3. The standard InChI is InChI=1S/C24H41Cl2N3O10P2/c1-23(2,3)39-22(31)29(15-12-25,16-13-26)19-9-7-18(8-10-19)17-20(27)21(30)28(4)14-6-5-11-24(32,40(33,34)35)41(36,37)38/h7-10,20,32H,5-6,11-17,27H2,1-4H3,(H3-,33,34,35,36,37,38)/p+1/t20-/m0/s1. The third-order valence-corrected chi connectivity index (χ3v) is 10.7. The molecule has 1 atom stereocenters. The number of hydrogen-bond donors (Lipinski definition) is 6. The fourth-order valence-electron chi connectivity index (χ4n) is 4.12. The maximum atomic E-state index is 13.2. The number of likely N-dealkylation sites (N-methyl/N-ethyl adjacent to an activating group) is 1. The van der Waals surface area contributed by atoms with Crippen molar-refractivity contribution in [1.29, 1.82) is 0 Å². The molecule has 0 saturated heterocycles. The Morgan fingerprint density at radius 3 is 1.90 bits per heavy atom. The molecule has 1 aromatic rings. The molecule has 0 unspecified atom stereocenters. The summed E-state index contributed by atoms with van der Waals surface area (Å²) in [6.07, 6.45) is -1.27. The molecular weight excluding hydrogens is 623 g/mol. The molecule has 0 heterocycles. The predicted molar refractivity (Wildman–Crippen MR) is 158 cm³/mol. The number of nitrogens with zero attached hydrogens (tertiary/aromatic N) is 2. The Hall–Kier alpha value is -1.08. The summed E-state index contributed by atoms with van der Waals surface area (Å²) in [5.74, 6) is -0.0688. The second-order valence-electron chi connectivity index (χ2n) is 10.8. The molecule has 2 amide bonds. The van der Waals surface area contributed by atoms with Crippen molar-refractivity contribution < 1.29 is 48.1 Å². The van der Waals surface area contributed by atoms with Crippen molar-refractivity contribution in [1.82, 2.24) is 9.38 Å². The number of carbonyl (C=O) groups excluding carboxylic acids is 2. The lowest BCUT2D eigenvalue weighted by molar-refractivity contribution is -0.131. The number of nitrogens with two attached hydrogens (primary N) is 1. The maximum absolute atomic E-state index is 13.2. The lowest BCUT2D eigenvalue weighted by Crippen LogP contribution is -2.58. The first-order valence-corrected chi connectivity index (χ1v) is 17.1. The van der Waals surface area contributed by atoms with Crippen LogP contribution in [0.15, 0.2) is 24.3 Å². The van der Waals surface area contributed by atoms with E-state index in [1.165, 1.54) is 11.9 Å². The number of carbonyl (C=O) groups is 2. The van der Waals surface area contributed by atoms with Crippen molar-refractivity contribution in [2.75, 3.05) is 38.4 Å². The van der Waals surface area contributed by atoms with Gasteiger partial charge in [0, 0.05) is 25.7 Å². The zero-order valence-corrected chi connectivity index (χ0v) is 27.0. The Labute approximate surface area is 250 Å². The van der Waals surface area contributed by atoms with E-state index in [0.29, 0.717) is 5.69 Å². The van der Waals surface area contributed by atoms with Gasteiger partial charge in [0.25, 0.3) is 5.08 Å². The number of quaternary nitrogens is 1. The van der Waals surface area contributed by atoms with Gasteiger partial charge in [-0.2, -0.15) is 9.28 Å². The lowest BCUT2D eigenvalue weighted by atomic mass is 10.0. The summed E-state index contributed by atoms with van der Waals surface area (Å²) in [6, 6.07) is 6.02. The highest BCUT2D eigenvalue weighted by Crippen LogP contribution is 2.69. The topological polar surface area (TPSA) is 208 Å². The number of alkyl halides is 2. The lowest BCUT2D eigenvalue weighted by Gasteiger charge is -2.35. The minimum Gasteiger partial charge on any atom is -0.414 e. The van der Waals surface area contributed by atoms with Crippen LogP contribution in [-0.2, 0) is 25.1 Å². The summed E-state index contributed by atoms with van der Waals surface area (Å²) in [4.78, 5) is 64.2. The highest BCUT2D eigenvalue weighted by atomic mass is 35.5. The number of aliphatic hydroxyl groups is 1. The maximum Gasteiger partial charge on any atom is 0.521 e. The van der Waals surface area contributed by atoms with Crippen molar-refractivity contribution in [3.8, 4) is 0 Å². The molecule has 0 spiro atoms. The van der Waals surface area contributed by atoms with E-state index >= 15 is 0 Å². The van der Waals surface area contributed by atoms with E-state index < -0.39 is 50.3 Å². The van der Waals surface area contributed by atoms with E-state index in [-0.39, 0.29) is 55.1 Å². The van der Waals surface area contributed by atoms with Gasteiger partial charge in [0.15, 0.2) is 0 Å². The van der Waals surface area contributed by atoms with E-state index in [1.54, 1.807) is 45.0 Å². The first kappa shape index (κ1) is 37.9. The van der Waals surface area contributed by atoms with Gasteiger partial charge >= 0.3 is 21.3 Å². The summed E-state index contributed by atoms with van der Waals surface area (Å²) >= 11 is 12.1. The Morgan fingerprint density at radius 2 is 1.49 bits per heavy atom. The molecule has 41 heavy (non-hydrogen) atoms. The molecule has 13 nitrogen and oxygen atoms in total. The van der Waals surface area contributed by atoms with Gasteiger partial charge in [0.05, 0.1) is 17.8 Å². The quantitative estimate of drug-likeness (QED) is 0.0695. The van der Waals surface area contributed by atoms with Gasteiger partial charge in [-0.05, 0) is 52.0 Å². The van der Waals surface area contributed by atoms with Gasteiger partial charge in [-0.25, -0.2) is 0 Å². The van der Waals surface area contributed by atoms with Crippen LogP contribution in [0.25, 0.3) is 0 Å². The number of ether oxygens (including phenoxy) is 1. The second-order valence-corrected chi connectivity index (χ2v) is 15.6. The number of amides is 2. The van der Waals surface area contributed by atoms with Crippen LogP contribution < -0.4 is 10.2 Å². The molecule has 0 radical (unpaired) electrons. The molecule has 236 valence electrons. The van der Waals surface area contributed by atoms with Crippen molar-refractivity contribution in [3.63, 3.8) is 0 Å². The third-order valence-electron chi connectivity index (χ3n) is 6.44. The fourth-order valence-corrected chi connectivity index (χ4v) is 6.95. The Morgan fingerprint density at radius 1 is 1.00 bits per heavy atom. The van der Waals surface area contributed by atoms with E-state index in [4.69, 9.17) is 33.7 Å². The minimum atomic E-state index is -5.53. The van der Waals surface area contributed by atoms with E-state index in [0.717, 1.165) is 5.56 Å². The zero-order valence-electron chi connectivity index (χ0n) is 23.7. The van der Waals surface area contributed by atoms with Crippen LogP contribution in [0, 0.1) is 0 Å². The first-order valence-electron chi connectivity index (χ1n) is 12.8. The average molecular weight is 665 g/mol. The minimum absolute atomic E-state index is 0.0661. The predicted octanol–water partition coefficient (Wildman–Crippen LogP) is 2.91. The number of hydrogen-bond acceptors (Lipinski definition) is 7. The smallest absolute Gasteiger partial charge is 0.414 e. The molecule has 17 heteroatoms. The molecule has 0 fully saturated rings. The summed E-state index contributed by atoms with van der Waals surface area (Å²) in [5.41, 5.74) is 6.74. The largest absolute Gasteiger partial charge is 0.521 e. The fraction of sp³-hybridized carbons (Fsp3) is 0.667. The number of halogens is 2. The second kappa shape index (κ2) is 15.1. The van der Waals surface area contributed by atoms with Crippen molar-refractivity contribution >= 4 is 56.1 Å². The molecule has 0 saturated carbocycles. The molecule has 0 aliphatic heterocycles. The molecule has 0 bridgehead atoms. The molecule has 1 rings (SSSR count).